The Morgan fingerprint density at radius 2 is 0.595 bits per heavy atom. The molecule has 0 spiro atoms. The highest BCUT2D eigenvalue weighted by Gasteiger charge is 2.24. The molecule has 0 unspecified atom stereocenters. The molecule has 8 heteroatoms. The average Bonchev–Trinajstić information content (AvgIpc) is 4.00. The Kier molecular flexibility index (Phi) is 10.5. The van der Waals surface area contributed by atoms with Crippen LogP contribution < -0.4 is 0 Å². The first-order valence-electron chi connectivity index (χ1n) is 24.2. The van der Waals surface area contributed by atoms with E-state index in [-0.39, 0.29) is 0 Å². The van der Waals surface area contributed by atoms with Crippen LogP contribution in [-0.4, -0.2) is 24.1 Å². The van der Waals surface area contributed by atoms with Crippen molar-refractivity contribution in [1.82, 2.24) is 24.1 Å². The van der Waals surface area contributed by atoms with E-state index in [1.165, 1.54) is 0 Å². The third-order valence-corrected chi connectivity index (χ3v) is 13.9. The summed E-state index contributed by atoms with van der Waals surface area (Å²) in [5.74, 6) is 1.33. The van der Waals surface area contributed by atoms with Crippen LogP contribution in [0.2, 0.25) is 0 Å². The lowest BCUT2D eigenvalue weighted by atomic mass is 9.97. The van der Waals surface area contributed by atoms with Crippen LogP contribution in [0.25, 0.3) is 123 Å². The summed E-state index contributed by atoms with van der Waals surface area (Å²) in [4.78, 5) is 16.5. The maximum absolute atomic E-state index is 10.0. The maximum atomic E-state index is 10.0. The lowest BCUT2D eigenvalue weighted by Gasteiger charge is -2.19. The highest BCUT2D eigenvalue weighted by atomic mass is 15.1. The molecule has 0 fully saturated rings. The summed E-state index contributed by atoms with van der Waals surface area (Å²) in [6.07, 6.45) is 0. The van der Waals surface area contributed by atoms with Gasteiger partial charge in [-0.3, -0.25) is 0 Å². The molecule has 0 saturated heterocycles. The molecule has 3 aromatic heterocycles. The monoisotopic (exact) mass is 942 g/mol. The molecule has 74 heavy (non-hydrogen) atoms. The van der Waals surface area contributed by atoms with Crippen LogP contribution in [0.4, 0.5) is 0 Å². The minimum atomic E-state index is 0.443. The van der Waals surface area contributed by atoms with Crippen LogP contribution in [0.3, 0.4) is 0 Å². The minimum Gasteiger partial charge on any atom is -0.308 e. The van der Waals surface area contributed by atoms with Crippen LogP contribution in [0, 0.1) is 34.0 Å². The number of hydrogen-bond acceptors (Lipinski definition) is 6. The summed E-state index contributed by atoms with van der Waals surface area (Å²) in [5, 5.41) is 34.4. The van der Waals surface area contributed by atoms with E-state index in [0.717, 1.165) is 105 Å². The van der Waals surface area contributed by atoms with E-state index >= 15 is 0 Å². The Bertz CT molecular complexity index is 4210. The van der Waals surface area contributed by atoms with Crippen molar-refractivity contribution in [1.29, 1.82) is 15.8 Å². The van der Waals surface area contributed by atoms with Crippen molar-refractivity contribution in [3.63, 3.8) is 0 Å². The number of hydrogen-bond donors (Lipinski definition) is 0. The first-order valence-corrected chi connectivity index (χ1v) is 24.2. The van der Waals surface area contributed by atoms with E-state index in [1.807, 2.05) is 91.0 Å². The second kappa shape index (κ2) is 17.9. The normalized spacial score (nSPS) is 11.2. The van der Waals surface area contributed by atoms with E-state index in [0.29, 0.717) is 34.2 Å². The van der Waals surface area contributed by atoms with Crippen LogP contribution in [0.15, 0.2) is 231 Å². The first-order chi connectivity index (χ1) is 36.5. The third kappa shape index (κ3) is 7.33. The molecular formula is C66H38N8. The summed E-state index contributed by atoms with van der Waals surface area (Å²) in [6, 6.07) is 84.3. The van der Waals surface area contributed by atoms with Crippen LogP contribution in [-0.2, 0) is 0 Å². The molecule has 0 atom stereocenters. The highest BCUT2D eigenvalue weighted by molar-refractivity contribution is 6.11. The van der Waals surface area contributed by atoms with Gasteiger partial charge in [-0.2, -0.15) is 15.8 Å². The summed E-state index contributed by atoms with van der Waals surface area (Å²) in [5.41, 5.74) is 15.1. The van der Waals surface area contributed by atoms with Crippen LogP contribution in [0.5, 0.6) is 0 Å². The van der Waals surface area contributed by atoms with E-state index in [1.54, 1.807) is 6.07 Å². The molecular weight excluding hydrogens is 905 g/mol. The third-order valence-electron chi connectivity index (χ3n) is 13.9. The van der Waals surface area contributed by atoms with Gasteiger partial charge in [0.25, 0.3) is 0 Å². The average molecular weight is 943 g/mol. The fourth-order valence-corrected chi connectivity index (χ4v) is 10.5. The van der Waals surface area contributed by atoms with Gasteiger partial charge in [0, 0.05) is 38.2 Å². The molecule has 0 radical (unpaired) electrons. The number of nitrogens with zero attached hydrogens (tertiary/aromatic N) is 8. The van der Waals surface area contributed by atoms with Crippen molar-refractivity contribution in [3.05, 3.63) is 247 Å². The number of fused-ring (bicyclic) bond motifs is 6. The van der Waals surface area contributed by atoms with Gasteiger partial charge < -0.3 is 9.13 Å². The van der Waals surface area contributed by atoms with Gasteiger partial charge in [0.1, 0.15) is 0 Å². The number of nitriles is 3. The quantitative estimate of drug-likeness (QED) is 0.150. The van der Waals surface area contributed by atoms with Crippen molar-refractivity contribution >= 4 is 43.6 Å². The van der Waals surface area contributed by atoms with Crippen molar-refractivity contribution in [2.45, 2.75) is 0 Å². The van der Waals surface area contributed by atoms with Crippen LogP contribution in [0.1, 0.15) is 16.7 Å². The van der Waals surface area contributed by atoms with Gasteiger partial charge in [0.2, 0.25) is 0 Å². The fraction of sp³-hybridized carbons (Fsp3) is 0. The van der Waals surface area contributed by atoms with E-state index < -0.39 is 0 Å². The molecule has 13 rings (SSSR count). The number of aromatic nitrogens is 5. The Morgan fingerprint density at radius 1 is 0.270 bits per heavy atom. The van der Waals surface area contributed by atoms with Gasteiger partial charge in [-0.05, 0) is 118 Å². The Labute approximate surface area is 425 Å². The van der Waals surface area contributed by atoms with Crippen LogP contribution >= 0.6 is 0 Å². The molecule has 0 amide bonds. The maximum Gasteiger partial charge on any atom is 0.166 e. The molecule has 0 aliphatic carbocycles. The second-order valence-electron chi connectivity index (χ2n) is 18.1. The van der Waals surface area contributed by atoms with E-state index in [2.05, 4.69) is 161 Å². The zero-order valence-electron chi connectivity index (χ0n) is 39.5. The summed E-state index contributed by atoms with van der Waals surface area (Å²) in [6.45, 7) is 0. The zero-order chi connectivity index (χ0) is 49.7. The lowest BCUT2D eigenvalue weighted by Crippen LogP contribution is -2.06. The fourth-order valence-electron chi connectivity index (χ4n) is 10.5. The molecule has 0 aliphatic rings. The number of para-hydroxylation sites is 4. The Morgan fingerprint density at radius 3 is 1.00 bits per heavy atom. The Hall–Kier alpha value is -10.7. The van der Waals surface area contributed by atoms with Gasteiger partial charge in [-0.25, -0.2) is 15.0 Å². The van der Waals surface area contributed by atoms with Gasteiger partial charge in [-0.1, -0.05) is 146 Å². The first kappa shape index (κ1) is 43.3. The molecule has 342 valence electrons. The summed E-state index contributed by atoms with van der Waals surface area (Å²) >= 11 is 0. The molecule has 8 nitrogen and oxygen atoms in total. The lowest BCUT2D eigenvalue weighted by molar-refractivity contribution is 1.06. The molecule has 3 heterocycles. The van der Waals surface area contributed by atoms with Crippen molar-refractivity contribution in [2.24, 2.45) is 0 Å². The molecule has 10 aromatic carbocycles. The molecule has 0 aliphatic heterocycles. The standard InChI is InChI=1S/C66H38N8/c67-39-42-14-11-17-45(34-42)47-30-32-56(62(37-47)73-58-26-7-3-21-51(58)52-22-4-8-27-59(52)73)65-70-64(55-25-2-1-20-50(55)49-19-13-16-44(36-49)41-69)71-66(72-65)57-33-31-48(46-18-12-15-43(35-46)40-68)38-63(57)74-60-28-9-5-23-53(60)54-24-6-10-29-61(54)74/h1-38H. The largest absolute Gasteiger partial charge is 0.308 e. The van der Waals surface area contributed by atoms with Gasteiger partial charge in [-0.15, -0.1) is 0 Å². The zero-order valence-corrected chi connectivity index (χ0v) is 39.5. The van der Waals surface area contributed by atoms with Gasteiger partial charge >= 0.3 is 0 Å². The SMILES string of the molecule is N#Cc1cccc(-c2ccc(-c3nc(-c4ccccc4-c4cccc(C#N)c4)nc(-c4ccc(-c5cccc(C#N)c5)cc4-n4c5ccccc5c5ccccc54)n3)c(-n3c4ccccc4c4ccccc43)c2)c1. The second-order valence-corrected chi connectivity index (χ2v) is 18.1. The van der Waals surface area contributed by atoms with Crippen molar-refractivity contribution < 1.29 is 0 Å². The van der Waals surface area contributed by atoms with Crippen molar-refractivity contribution in [2.75, 3.05) is 0 Å². The number of benzene rings is 10. The van der Waals surface area contributed by atoms with Crippen molar-refractivity contribution in [3.8, 4) is 97.1 Å². The predicted octanol–water partition coefficient (Wildman–Crippen LogP) is 15.7. The Balaban J connectivity index is 1.14. The molecule has 0 N–H and O–H groups in total. The van der Waals surface area contributed by atoms with E-state index in [4.69, 9.17) is 15.0 Å². The minimum absolute atomic E-state index is 0.443. The molecule has 0 bridgehead atoms. The predicted molar refractivity (Wildman–Crippen MR) is 295 cm³/mol. The summed E-state index contributed by atoms with van der Waals surface area (Å²) in [7, 11) is 0. The summed E-state index contributed by atoms with van der Waals surface area (Å²) < 4.78 is 4.57. The molecule has 0 saturated carbocycles. The smallest absolute Gasteiger partial charge is 0.166 e. The van der Waals surface area contributed by atoms with E-state index in [9.17, 15) is 15.8 Å². The molecule has 13 aromatic rings. The topological polar surface area (TPSA) is 120 Å². The number of rotatable bonds is 8. The van der Waals surface area contributed by atoms with Gasteiger partial charge in [0.15, 0.2) is 17.5 Å². The van der Waals surface area contributed by atoms with Gasteiger partial charge in [0.05, 0.1) is 68.3 Å². The highest BCUT2D eigenvalue weighted by Crippen LogP contribution is 2.42.